The van der Waals surface area contributed by atoms with E-state index in [1.165, 1.54) is 4.88 Å². The molecule has 0 saturated heterocycles. The predicted molar refractivity (Wildman–Crippen MR) is 118 cm³/mol. The lowest BCUT2D eigenvalue weighted by atomic mass is 10.3. The van der Waals surface area contributed by atoms with Crippen LogP contribution in [0.3, 0.4) is 0 Å². The van der Waals surface area contributed by atoms with E-state index in [0.29, 0.717) is 13.1 Å². The van der Waals surface area contributed by atoms with E-state index in [0.717, 1.165) is 28.9 Å². The van der Waals surface area contributed by atoms with Gasteiger partial charge >= 0.3 is 0 Å². The Balaban J connectivity index is 0.00000338. The molecule has 0 aliphatic rings. The van der Waals surface area contributed by atoms with Gasteiger partial charge in [-0.05, 0) is 37.6 Å². The molecule has 1 unspecified atom stereocenters. The van der Waals surface area contributed by atoms with Gasteiger partial charge in [0.05, 0.1) is 20.2 Å². The van der Waals surface area contributed by atoms with Crippen LogP contribution in [0.15, 0.2) is 35.5 Å². The number of thiazole rings is 1. The van der Waals surface area contributed by atoms with Gasteiger partial charge in [-0.25, -0.2) is 4.98 Å². The molecule has 0 saturated carbocycles. The van der Waals surface area contributed by atoms with Gasteiger partial charge in [0, 0.05) is 18.1 Å². The molecule has 1 heterocycles. The highest BCUT2D eigenvalue weighted by molar-refractivity contribution is 14.0. The van der Waals surface area contributed by atoms with E-state index in [-0.39, 0.29) is 30.1 Å². The zero-order chi connectivity index (χ0) is 18.1. The summed E-state index contributed by atoms with van der Waals surface area (Å²) >= 11 is 1.72. The summed E-state index contributed by atoms with van der Waals surface area (Å²) in [7, 11) is 3.40. The Morgan fingerprint density at radius 1 is 1.23 bits per heavy atom. The number of nitrogens with zero attached hydrogens (tertiary/aromatic N) is 2. The van der Waals surface area contributed by atoms with Gasteiger partial charge in [0.1, 0.15) is 22.6 Å². The van der Waals surface area contributed by atoms with E-state index in [2.05, 4.69) is 27.5 Å². The lowest BCUT2D eigenvalue weighted by molar-refractivity contribution is 0.223. The average Bonchev–Trinajstić information content (AvgIpc) is 3.10. The first kappa shape index (κ1) is 22.5. The maximum Gasteiger partial charge on any atom is 0.191 e. The van der Waals surface area contributed by atoms with Crippen LogP contribution in [0.4, 0.5) is 0 Å². The lowest BCUT2D eigenvalue weighted by Gasteiger charge is -2.17. The number of halogens is 1. The quantitative estimate of drug-likeness (QED) is 0.337. The first-order valence-electron chi connectivity index (χ1n) is 8.33. The number of aliphatic imine (C=N–C) groups is 1. The Hall–Kier alpha value is -1.55. The molecule has 0 amide bonds. The molecule has 1 aromatic carbocycles. The monoisotopic (exact) mass is 490 g/mol. The Kier molecular flexibility index (Phi) is 10.3. The zero-order valence-electron chi connectivity index (χ0n) is 15.6. The number of nitrogens with one attached hydrogen (secondary N) is 2. The van der Waals surface area contributed by atoms with Crippen LogP contribution in [0.1, 0.15) is 23.7 Å². The zero-order valence-corrected chi connectivity index (χ0v) is 18.8. The molecule has 26 heavy (non-hydrogen) atoms. The molecule has 0 aliphatic carbocycles. The second-order valence-electron chi connectivity index (χ2n) is 5.48. The van der Waals surface area contributed by atoms with Crippen LogP contribution < -0.4 is 20.1 Å². The van der Waals surface area contributed by atoms with Gasteiger partial charge in [-0.1, -0.05) is 6.92 Å². The number of benzene rings is 1. The van der Waals surface area contributed by atoms with E-state index < -0.39 is 0 Å². The lowest BCUT2D eigenvalue weighted by Crippen LogP contribution is -2.41. The highest BCUT2D eigenvalue weighted by Gasteiger charge is 2.07. The van der Waals surface area contributed by atoms with E-state index in [4.69, 9.17) is 9.47 Å². The van der Waals surface area contributed by atoms with Crippen LogP contribution in [-0.4, -0.2) is 37.7 Å². The molecule has 0 fully saturated rings. The number of methoxy groups -OCH3 is 1. The van der Waals surface area contributed by atoms with E-state index in [1.807, 2.05) is 37.4 Å². The van der Waals surface area contributed by atoms with Crippen LogP contribution in [0.2, 0.25) is 0 Å². The summed E-state index contributed by atoms with van der Waals surface area (Å²) in [5.74, 6) is 2.36. The van der Waals surface area contributed by atoms with E-state index >= 15 is 0 Å². The van der Waals surface area contributed by atoms with E-state index in [9.17, 15) is 0 Å². The summed E-state index contributed by atoms with van der Waals surface area (Å²) in [6.45, 7) is 5.45. The number of hydrogen-bond donors (Lipinski definition) is 2. The maximum atomic E-state index is 5.88. The number of aromatic nitrogens is 1. The Bertz CT molecular complexity index is 676. The third-order valence-corrected chi connectivity index (χ3v) is 4.68. The number of hydrogen-bond acceptors (Lipinski definition) is 5. The van der Waals surface area contributed by atoms with Gasteiger partial charge < -0.3 is 20.1 Å². The van der Waals surface area contributed by atoms with Crippen molar-refractivity contribution >= 4 is 41.3 Å². The average molecular weight is 490 g/mol. The highest BCUT2D eigenvalue weighted by atomic mass is 127. The molecule has 0 bridgehead atoms. The standard InChI is InChI=1S/C18H26N4O2S.HI/c1-5-16-11-20-17(25-16)12-22-18(19-3)21-10-13(2)24-15-8-6-14(23-4)7-9-15;/h6-9,11,13H,5,10,12H2,1-4H3,(H2,19,21,22);1H. The van der Waals surface area contributed by atoms with Gasteiger partial charge in [-0.2, -0.15) is 0 Å². The second-order valence-corrected chi connectivity index (χ2v) is 6.68. The molecule has 1 aromatic heterocycles. The van der Waals surface area contributed by atoms with Crippen LogP contribution in [-0.2, 0) is 13.0 Å². The van der Waals surface area contributed by atoms with Crippen molar-refractivity contribution in [3.05, 3.63) is 40.3 Å². The molecule has 0 aliphatic heterocycles. The Morgan fingerprint density at radius 2 is 1.92 bits per heavy atom. The maximum absolute atomic E-state index is 5.88. The normalized spacial score (nSPS) is 12.1. The fourth-order valence-corrected chi connectivity index (χ4v) is 2.94. The van der Waals surface area contributed by atoms with Gasteiger partial charge in [0.25, 0.3) is 0 Å². The summed E-state index contributed by atoms with van der Waals surface area (Å²) < 4.78 is 11.0. The highest BCUT2D eigenvalue weighted by Crippen LogP contribution is 2.18. The number of aryl methyl sites for hydroxylation is 1. The van der Waals surface area contributed by atoms with Crippen LogP contribution in [0.5, 0.6) is 11.5 Å². The summed E-state index contributed by atoms with van der Waals surface area (Å²) in [5, 5.41) is 7.60. The molecule has 144 valence electrons. The van der Waals surface area contributed by atoms with Crippen molar-refractivity contribution in [1.29, 1.82) is 0 Å². The number of rotatable bonds is 8. The van der Waals surface area contributed by atoms with Crippen molar-refractivity contribution in [2.24, 2.45) is 4.99 Å². The SMILES string of the molecule is CCc1cnc(CNC(=NC)NCC(C)Oc2ccc(OC)cc2)s1.I. The smallest absolute Gasteiger partial charge is 0.191 e. The van der Waals surface area contributed by atoms with Crippen LogP contribution in [0.25, 0.3) is 0 Å². The van der Waals surface area contributed by atoms with Crippen molar-refractivity contribution in [2.75, 3.05) is 20.7 Å². The van der Waals surface area contributed by atoms with Gasteiger partial charge in [0.2, 0.25) is 0 Å². The topological polar surface area (TPSA) is 67.8 Å². The van der Waals surface area contributed by atoms with Gasteiger partial charge in [-0.15, -0.1) is 35.3 Å². The minimum absolute atomic E-state index is 0. The molecule has 6 nitrogen and oxygen atoms in total. The van der Waals surface area contributed by atoms with Crippen molar-refractivity contribution in [1.82, 2.24) is 15.6 Å². The van der Waals surface area contributed by atoms with Crippen LogP contribution >= 0.6 is 35.3 Å². The van der Waals surface area contributed by atoms with E-state index in [1.54, 1.807) is 25.5 Å². The summed E-state index contributed by atoms with van der Waals surface area (Å²) in [5.41, 5.74) is 0. The minimum Gasteiger partial charge on any atom is -0.497 e. The number of ether oxygens (including phenoxy) is 2. The van der Waals surface area contributed by atoms with Crippen molar-refractivity contribution in [3.8, 4) is 11.5 Å². The van der Waals surface area contributed by atoms with Crippen molar-refractivity contribution < 1.29 is 9.47 Å². The fraction of sp³-hybridized carbons (Fsp3) is 0.444. The molecule has 0 spiro atoms. The summed E-state index contributed by atoms with van der Waals surface area (Å²) in [4.78, 5) is 9.92. The molecule has 2 N–H and O–H groups in total. The molecule has 8 heteroatoms. The number of guanidine groups is 1. The fourth-order valence-electron chi connectivity index (χ4n) is 2.14. The first-order chi connectivity index (χ1) is 12.1. The Labute approximate surface area is 176 Å². The van der Waals surface area contributed by atoms with Crippen LogP contribution in [0, 0.1) is 0 Å². The van der Waals surface area contributed by atoms with Crippen molar-refractivity contribution in [3.63, 3.8) is 0 Å². The van der Waals surface area contributed by atoms with Crippen molar-refractivity contribution in [2.45, 2.75) is 32.9 Å². The largest absolute Gasteiger partial charge is 0.497 e. The predicted octanol–water partition coefficient (Wildman–Crippen LogP) is 3.46. The summed E-state index contributed by atoms with van der Waals surface area (Å²) in [6.07, 6.45) is 2.95. The van der Waals surface area contributed by atoms with Gasteiger partial charge in [-0.3, -0.25) is 4.99 Å². The second kappa shape index (κ2) is 11.9. The van der Waals surface area contributed by atoms with Gasteiger partial charge in [0.15, 0.2) is 5.96 Å². The molecule has 1 atom stereocenters. The summed E-state index contributed by atoms with van der Waals surface area (Å²) in [6, 6.07) is 7.56. The molecule has 0 radical (unpaired) electrons. The Morgan fingerprint density at radius 3 is 2.50 bits per heavy atom. The molecular formula is C18H27IN4O2S. The molecule has 2 aromatic rings. The third kappa shape index (κ3) is 7.36. The first-order valence-corrected chi connectivity index (χ1v) is 9.15. The third-order valence-electron chi connectivity index (χ3n) is 3.53. The molecule has 2 rings (SSSR count). The molecular weight excluding hydrogens is 463 g/mol. The minimum atomic E-state index is -0.00139.